The molecule has 1 atom stereocenters. The van der Waals surface area contributed by atoms with Crippen molar-refractivity contribution >= 4 is 38.4 Å². The van der Waals surface area contributed by atoms with E-state index in [-0.39, 0.29) is 10.9 Å². The van der Waals surface area contributed by atoms with E-state index < -0.39 is 10.0 Å². The molecular weight excluding hydrogens is 372 g/mol. The molecule has 1 saturated heterocycles. The first-order valence-electron chi connectivity index (χ1n) is 8.19. The van der Waals surface area contributed by atoms with Crippen LogP contribution >= 0.6 is 11.7 Å². The van der Waals surface area contributed by atoms with Crippen molar-refractivity contribution in [1.29, 1.82) is 0 Å². The molecule has 0 bridgehead atoms. The van der Waals surface area contributed by atoms with Gasteiger partial charge in [0.15, 0.2) is 11.5 Å². The lowest BCUT2D eigenvalue weighted by atomic mass is 10.2. The Balaban J connectivity index is 1.63. The van der Waals surface area contributed by atoms with Crippen molar-refractivity contribution in [1.82, 2.24) is 27.7 Å². The summed E-state index contributed by atoms with van der Waals surface area (Å²) >= 11 is 1.02. The molecule has 4 heterocycles. The average Bonchev–Trinajstić information content (AvgIpc) is 3.38. The van der Waals surface area contributed by atoms with Gasteiger partial charge in [-0.3, -0.25) is 4.40 Å². The average molecular weight is 386 g/mol. The van der Waals surface area contributed by atoms with Gasteiger partial charge in [0.05, 0.1) is 17.8 Å². The summed E-state index contributed by atoms with van der Waals surface area (Å²) in [6.45, 7) is 0.447. The van der Waals surface area contributed by atoms with Crippen molar-refractivity contribution in [2.45, 2.75) is 23.8 Å². The lowest BCUT2D eigenvalue weighted by Crippen LogP contribution is -2.31. The maximum atomic E-state index is 13.4. The van der Waals surface area contributed by atoms with Crippen LogP contribution in [-0.2, 0) is 10.0 Å². The monoisotopic (exact) mass is 386 g/mol. The van der Waals surface area contributed by atoms with E-state index in [1.165, 1.54) is 4.31 Å². The highest BCUT2D eigenvalue weighted by Crippen LogP contribution is 2.37. The van der Waals surface area contributed by atoms with Gasteiger partial charge in [0.25, 0.3) is 0 Å². The van der Waals surface area contributed by atoms with Gasteiger partial charge >= 0.3 is 0 Å². The largest absolute Gasteiger partial charge is 0.285 e. The maximum Gasteiger partial charge on any atom is 0.246 e. The topological polar surface area (TPSA) is 93.4 Å². The fourth-order valence-corrected chi connectivity index (χ4v) is 5.90. The van der Waals surface area contributed by atoms with Crippen molar-refractivity contribution in [2.24, 2.45) is 0 Å². The molecule has 10 heteroatoms. The lowest BCUT2D eigenvalue weighted by Gasteiger charge is -2.23. The van der Waals surface area contributed by atoms with E-state index in [0.29, 0.717) is 35.5 Å². The number of rotatable bonds is 3. The molecule has 1 fully saturated rings. The fourth-order valence-electron chi connectivity index (χ4n) is 3.49. The predicted molar refractivity (Wildman–Crippen MR) is 96.3 cm³/mol. The molecule has 0 aliphatic carbocycles. The molecule has 1 aliphatic heterocycles. The number of benzene rings is 1. The Morgan fingerprint density at radius 3 is 2.92 bits per heavy atom. The Labute approximate surface area is 153 Å². The van der Waals surface area contributed by atoms with Crippen molar-refractivity contribution < 1.29 is 8.42 Å². The van der Waals surface area contributed by atoms with Gasteiger partial charge in [-0.25, -0.2) is 8.42 Å². The standard InChI is InChI=1S/C16H14N6O2S2/c23-26(24,13-7-3-5-11-15(13)20-25-19-11)22-10-4-6-12(22)16-18-17-14-8-1-2-9-21(14)16/h1-3,5,7-9,12H,4,6,10H2. The second kappa shape index (κ2) is 5.79. The van der Waals surface area contributed by atoms with Gasteiger partial charge in [-0.15, -0.1) is 10.2 Å². The molecule has 1 unspecified atom stereocenters. The number of sulfonamides is 1. The van der Waals surface area contributed by atoms with E-state index in [9.17, 15) is 8.42 Å². The van der Waals surface area contributed by atoms with E-state index in [2.05, 4.69) is 18.9 Å². The first-order chi connectivity index (χ1) is 12.7. The summed E-state index contributed by atoms with van der Waals surface area (Å²) in [5.74, 6) is 0.644. The summed E-state index contributed by atoms with van der Waals surface area (Å²) in [6.07, 6.45) is 3.34. The molecule has 26 heavy (non-hydrogen) atoms. The molecule has 1 aliphatic rings. The minimum Gasteiger partial charge on any atom is -0.285 e. The van der Waals surface area contributed by atoms with Gasteiger partial charge in [-0.2, -0.15) is 13.1 Å². The molecule has 0 saturated carbocycles. The van der Waals surface area contributed by atoms with Crippen molar-refractivity contribution in [3.63, 3.8) is 0 Å². The highest BCUT2D eigenvalue weighted by molar-refractivity contribution is 7.89. The van der Waals surface area contributed by atoms with Crippen LogP contribution in [0.15, 0.2) is 47.5 Å². The predicted octanol–water partition coefficient (Wildman–Crippen LogP) is 2.26. The molecular formula is C16H14N6O2S2. The smallest absolute Gasteiger partial charge is 0.246 e. The van der Waals surface area contributed by atoms with Crippen molar-refractivity contribution in [2.75, 3.05) is 6.54 Å². The number of fused-ring (bicyclic) bond motifs is 2. The Hall–Kier alpha value is -2.43. The number of aromatic nitrogens is 5. The van der Waals surface area contributed by atoms with E-state index in [0.717, 1.165) is 18.1 Å². The Bertz CT molecular complexity index is 1220. The van der Waals surface area contributed by atoms with E-state index in [4.69, 9.17) is 0 Å². The van der Waals surface area contributed by atoms with Crippen LogP contribution in [0.5, 0.6) is 0 Å². The lowest BCUT2D eigenvalue weighted by molar-refractivity contribution is 0.382. The van der Waals surface area contributed by atoms with Crippen molar-refractivity contribution in [3.05, 3.63) is 48.4 Å². The molecule has 5 rings (SSSR count). The maximum absolute atomic E-state index is 13.4. The molecule has 0 spiro atoms. The van der Waals surface area contributed by atoms with Gasteiger partial charge in [0.2, 0.25) is 10.0 Å². The number of nitrogens with zero attached hydrogens (tertiary/aromatic N) is 6. The molecule has 4 aromatic rings. The van der Waals surface area contributed by atoms with Gasteiger partial charge in [0.1, 0.15) is 15.9 Å². The molecule has 0 amide bonds. The second-order valence-corrected chi connectivity index (χ2v) is 8.54. The normalized spacial score (nSPS) is 18.8. The van der Waals surface area contributed by atoms with Gasteiger partial charge in [-0.05, 0) is 37.1 Å². The fraction of sp³-hybridized carbons (Fsp3) is 0.250. The van der Waals surface area contributed by atoms with E-state index in [1.54, 1.807) is 18.2 Å². The van der Waals surface area contributed by atoms with Crippen LogP contribution in [0, 0.1) is 0 Å². The quantitative estimate of drug-likeness (QED) is 0.536. The minimum absolute atomic E-state index is 0.199. The molecule has 1 aromatic carbocycles. The van der Waals surface area contributed by atoms with Crippen LogP contribution in [0.3, 0.4) is 0 Å². The van der Waals surface area contributed by atoms with Crippen LogP contribution in [0.25, 0.3) is 16.7 Å². The highest BCUT2D eigenvalue weighted by Gasteiger charge is 2.39. The number of hydrogen-bond donors (Lipinski definition) is 0. The Morgan fingerprint density at radius 1 is 1.08 bits per heavy atom. The third-order valence-corrected chi connectivity index (χ3v) is 7.16. The van der Waals surface area contributed by atoms with Crippen LogP contribution in [0.1, 0.15) is 24.7 Å². The zero-order chi connectivity index (χ0) is 17.7. The summed E-state index contributed by atoms with van der Waals surface area (Å²) in [5, 5.41) is 8.43. The Kier molecular flexibility index (Phi) is 3.52. The highest BCUT2D eigenvalue weighted by atomic mass is 32.2. The van der Waals surface area contributed by atoms with Crippen LogP contribution in [-0.4, -0.2) is 42.6 Å². The molecule has 3 aromatic heterocycles. The van der Waals surface area contributed by atoms with Crippen LogP contribution < -0.4 is 0 Å². The Morgan fingerprint density at radius 2 is 2.00 bits per heavy atom. The van der Waals surface area contributed by atoms with Gasteiger partial charge in [0, 0.05) is 12.7 Å². The number of pyridine rings is 1. The third-order valence-electron chi connectivity index (χ3n) is 4.68. The summed E-state index contributed by atoms with van der Waals surface area (Å²) in [4.78, 5) is 0.199. The first kappa shape index (κ1) is 15.8. The molecule has 0 radical (unpaired) electrons. The van der Waals surface area contributed by atoms with Gasteiger partial charge in [-0.1, -0.05) is 12.1 Å². The molecule has 132 valence electrons. The summed E-state index contributed by atoms with van der Waals surface area (Å²) in [6, 6.07) is 10.3. The SMILES string of the molecule is O=S(=O)(c1cccc2nsnc12)N1CCCC1c1nnc2ccccn12. The van der Waals surface area contributed by atoms with Crippen LogP contribution in [0.4, 0.5) is 0 Å². The van der Waals surface area contributed by atoms with E-state index in [1.807, 2.05) is 28.8 Å². The zero-order valence-electron chi connectivity index (χ0n) is 13.6. The van der Waals surface area contributed by atoms with E-state index >= 15 is 0 Å². The molecule has 8 nitrogen and oxygen atoms in total. The summed E-state index contributed by atoms with van der Waals surface area (Å²) < 4.78 is 38.5. The van der Waals surface area contributed by atoms with Crippen LogP contribution in [0.2, 0.25) is 0 Å². The summed E-state index contributed by atoms with van der Waals surface area (Å²) in [7, 11) is -3.72. The third kappa shape index (κ3) is 2.26. The molecule has 0 N–H and O–H groups in total. The summed E-state index contributed by atoms with van der Waals surface area (Å²) in [5.41, 5.74) is 1.73. The van der Waals surface area contributed by atoms with Gasteiger partial charge < -0.3 is 0 Å². The zero-order valence-corrected chi connectivity index (χ0v) is 15.2. The first-order valence-corrected chi connectivity index (χ1v) is 10.4. The number of hydrogen-bond acceptors (Lipinski definition) is 7. The second-order valence-electron chi connectivity index (χ2n) is 6.15. The minimum atomic E-state index is -3.72. The van der Waals surface area contributed by atoms with Crippen molar-refractivity contribution in [3.8, 4) is 0 Å².